The van der Waals surface area contributed by atoms with Crippen molar-refractivity contribution in [2.24, 2.45) is 0 Å². The van der Waals surface area contributed by atoms with Crippen LogP contribution in [-0.4, -0.2) is 26.6 Å². The molecule has 2 rings (SSSR count). The highest BCUT2D eigenvalue weighted by atomic mass is 32.2. The summed E-state index contributed by atoms with van der Waals surface area (Å²) in [5.74, 6) is 0.999. The summed E-state index contributed by atoms with van der Waals surface area (Å²) < 4.78 is 38.6. The Morgan fingerprint density at radius 1 is 1.09 bits per heavy atom. The Hall–Kier alpha value is -2.28. The van der Waals surface area contributed by atoms with Crippen molar-refractivity contribution in [3.05, 3.63) is 42.1 Å². The maximum absolute atomic E-state index is 12.7. The number of ether oxygens (including phenoxy) is 2. The van der Waals surface area contributed by atoms with Gasteiger partial charge in [0.25, 0.3) is 10.0 Å². The molecule has 124 valence electrons. The molecule has 1 aromatic carbocycles. The Kier molecular flexibility index (Phi) is 5.44. The van der Waals surface area contributed by atoms with E-state index in [-0.39, 0.29) is 16.5 Å². The van der Waals surface area contributed by atoms with Crippen molar-refractivity contribution >= 4 is 15.8 Å². The van der Waals surface area contributed by atoms with Crippen molar-refractivity contribution in [3.63, 3.8) is 0 Å². The van der Waals surface area contributed by atoms with E-state index in [0.717, 1.165) is 5.69 Å². The van der Waals surface area contributed by atoms with E-state index in [1.807, 2.05) is 6.92 Å². The molecule has 2 aromatic rings. The highest BCUT2D eigenvalue weighted by Crippen LogP contribution is 2.30. The normalized spacial score (nSPS) is 11.1. The van der Waals surface area contributed by atoms with Crippen molar-refractivity contribution in [1.29, 1.82) is 0 Å². The Morgan fingerprint density at radius 3 is 2.48 bits per heavy atom. The SMILES string of the molecule is CCOc1ccc(OCC)c(S(=O)(=O)Nc2cccc(C)n2)c1. The minimum atomic E-state index is -3.84. The first-order valence-corrected chi connectivity index (χ1v) is 8.80. The number of aryl methyl sites for hydroxylation is 1. The lowest BCUT2D eigenvalue weighted by atomic mass is 10.3. The molecule has 7 heteroatoms. The number of sulfonamides is 1. The van der Waals surface area contributed by atoms with E-state index in [0.29, 0.717) is 19.0 Å². The summed E-state index contributed by atoms with van der Waals surface area (Å²) in [5, 5.41) is 0. The van der Waals surface area contributed by atoms with Crippen LogP contribution in [0.5, 0.6) is 11.5 Å². The zero-order valence-corrected chi connectivity index (χ0v) is 14.2. The van der Waals surface area contributed by atoms with E-state index in [1.165, 1.54) is 6.07 Å². The number of hydrogen-bond acceptors (Lipinski definition) is 5. The average Bonchev–Trinajstić information content (AvgIpc) is 2.49. The highest BCUT2D eigenvalue weighted by molar-refractivity contribution is 7.92. The van der Waals surface area contributed by atoms with Crippen LogP contribution in [-0.2, 0) is 10.0 Å². The van der Waals surface area contributed by atoms with Gasteiger partial charge >= 0.3 is 0 Å². The maximum Gasteiger partial charge on any atom is 0.266 e. The molecule has 0 atom stereocenters. The fraction of sp³-hybridized carbons (Fsp3) is 0.312. The van der Waals surface area contributed by atoms with Crippen LogP contribution in [0.25, 0.3) is 0 Å². The number of nitrogens with one attached hydrogen (secondary N) is 1. The van der Waals surface area contributed by atoms with Crippen molar-refractivity contribution in [2.45, 2.75) is 25.7 Å². The number of aromatic nitrogens is 1. The van der Waals surface area contributed by atoms with E-state index < -0.39 is 10.0 Å². The van der Waals surface area contributed by atoms with Crippen molar-refractivity contribution in [2.75, 3.05) is 17.9 Å². The number of pyridine rings is 1. The lowest BCUT2D eigenvalue weighted by Gasteiger charge is -2.14. The third-order valence-electron chi connectivity index (χ3n) is 2.94. The van der Waals surface area contributed by atoms with Gasteiger partial charge in [0, 0.05) is 11.8 Å². The number of hydrogen-bond donors (Lipinski definition) is 1. The zero-order valence-electron chi connectivity index (χ0n) is 13.4. The molecule has 0 aliphatic rings. The van der Waals surface area contributed by atoms with E-state index in [2.05, 4.69) is 9.71 Å². The molecule has 1 heterocycles. The number of benzene rings is 1. The van der Waals surface area contributed by atoms with Gasteiger partial charge in [0.05, 0.1) is 13.2 Å². The van der Waals surface area contributed by atoms with Crippen LogP contribution in [0.1, 0.15) is 19.5 Å². The first-order valence-electron chi connectivity index (χ1n) is 7.32. The molecule has 1 N–H and O–H groups in total. The molecular weight excluding hydrogens is 316 g/mol. The molecule has 23 heavy (non-hydrogen) atoms. The fourth-order valence-electron chi connectivity index (χ4n) is 2.02. The lowest BCUT2D eigenvalue weighted by molar-refractivity contribution is 0.322. The molecule has 6 nitrogen and oxygen atoms in total. The molecule has 0 aliphatic carbocycles. The van der Waals surface area contributed by atoms with Crippen LogP contribution in [0.2, 0.25) is 0 Å². The molecule has 0 unspecified atom stereocenters. The van der Waals surface area contributed by atoms with E-state index >= 15 is 0 Å². The first-order chi connectivity index (χ1) is 11.0. The number of anilines is 1. The van der Waals surface area contributed by atoms with Gasteiger partial charge in [0.1, 0.15) is 22.2 Å². The fourth-order valence-corrected chi connectivity index (χ4v) is 3.18. The molecular formula is C16H20N2O4S. The number of nitrogens with zero attached hydrogens (tertiary/aromatic N) is 1. The summed E-state index contributed by atoms with van der Waals surface area (Å²) in [7, 11) is -3.84. The number of rotatable bonds is 7. The van der Waals surface area contributed by atoms with Crippen LogP contribution >= 0.6 is 0 Å². The second-order valence-corrected chi connectivity index (χ2v) is 6.40. The lowest BCUT2D eigenvalue weighted by Crippen LogP contribution is -2.15. The Balaban J connectivity index is 2.41. The van der Waals surface area contributed by atoms with Crippen molar-refractivity contribution < 1.29 is 17.9 Å². The molecule has 0 saturated heterocycles. The smallest absolute Gasteiger partial charge is 0.266 e. The quantitative estimate of drug-likeness (QED) is 0.841. The van der Waals surface area contributed by atoms with Crippen LogP contribution in [0.15, 0.2) is 41.3 Å². The van der Waals surface area contributed by atoms with Crippen LogP contribution in [0.4, 0.5) is 5.82 Å². The minimum Gasteiger partial charge on any atom is -0.494 e. The van der Waals surface area contributed by atoms with Gasteiger partial charge in [-0.25, -0.2) is 13.4 Å². The summed E-state index contributed by atoms with van der Waals surface area (Å²) >= 11 is 0. The second kappa shape index (κ2) is 7.32. The van der Waals surface area contributed by atoms with Gasteiger partial charge in [-0.1, -0.05) is 6.07 Å². The van der Waals surface area contributed by atoms with E-state index in [4.69, 9.17) is 9.47 Å². The zero-order chi connectivity index (χ0) is 16.9. The highest BCUT2D eigenvalue weighted by Gasteiger charge is 2.21. The summed E-state index contributed by atoms with van der Waals surface area (Å²) in [6, 6.07) is 9.84. The van der Waals surface area contributed by atoms with Gasteiger partial charge < -0.3 is 9.47 Å². The molecule has 0 fully saturated rings. The molecule has 0 spiro atoms. The Bertz CT molecular complexity index is 775. The van der Waals surface area contributed by atoms with Crippen molar-refractivity contribution in [3.8, 4) is 11.5 Å². The van der Waals surface area contributed by atoms with E-state index in [1.54, 1.807) is 44.2 Å². The molecule has 1 aromatic heterocycles. The Labute approximate surface area is 136 Å². The van der Waals surface area contributed by atoms with Gasteiger partial charge in [-0.05, 0) is 45.0 Å². The van der Waals surface area contributed by atoms with Crippen molar-refractivity contribution in [1.82, 2.24) is 4.98 Å². The maximum atomic E-state index is 12.7. The standard InChI is InChI=1S/C16H20N2O4S/c1-4-21-13-9-10-14(22-5-2)15(11-13)23(19,20)18-16-8-6-7-12(3)17-16/h6-11H,4-5H2,1-3H3,(H,17,18). The average molecular weight is 336 g/mol. The molecule has 0 aliphatic heterocycles. The molecule has 0 saturated carbocycles. The first kappa shape index (κ1) is 17.1. The third kappa shape index (κ3) is 4.35. The van der Waals surface area contributed by atoms with Gasteiger partial charge in [-0.2, -0.15) is 0 Å². The third-order valence-corrected chi connectivity index (χ3v) is 4.32. The Morgan fingerprint density at radius 2 is 1.83 bits per heavy atom. The summed E-state index contributed by atoms with van der Waals surface area (Å²) in [4.78, 5) is 4.18. The molecule has 0 amide bonds. The topological polar surface area (TPSA) is 77.5 Å². The van der Waals surface area contributed by atoms with Gasteiger partial charge in [-0.3, -0.25) is 4.72 Å². The van der Waals surface area contributed by atoms with Crippen LogP contribution in [0.3, 0.4) is 0 Å². The van der Waals surface area contributed by atoms with Crippen LogP contribution in [0, 0.1) is 6.92 Å². The van der Waals surface area contributed by atoms with E-state index in [9.17, 15) is 8.42 Å². The summed E-state index contributed by atoms with van der Waals surface area (Å²) in [6.07, 6.45) is 0. The van der Waals surface area contributed by atoms with Gasteiger partial charge in [-0.15, -0.1) is 0 Å². The summed E-state index contributed by atoms with van der Waals surface area (Å²) in [6.45, 7) is 6.22. The molecule has 0 radical (unpaired) electrons. The van der Waals surface area contributed by atoms with Gasteiger partial charge in [0.2, 0.25) is 0 Å². The largest absolute Gasteiger partial charge is 0.494 e. The summed E-state index contributed by atoms with van der Waals surface area (Å²) in [5.41, 5.74) is 0.721. The second-order valence-electron chi connectivity index (χ2n) is 4.74. The predicted octanol–water partition coefficient (Wildman–Crippen LogP) is 2.99. The monoisotopic (exact) mass is 336 g/mol. The predicted molar refractivity (Wildman–Crippen MR) is 88.6 cm³/mol. The van der Waals surface area contributed by atoms with Crippen LogP contribution < -0.4 is 14.2 Å². The molecule has 0 bridgehead atoms. The van der Waals surface area contributed by atoms with Gasteiger partial charge in [0.15, 0.2) is 0 Å². The minimum absolute atomic E-state index is 0.0219.